The van der Waals surface area contributed by atoms with Crippen molar-refractivity contribution < 1.29 is 24.1 Å². The van der Waals surface area contributed by atoms with E-state index in [9.17, 15) is 9.90 Å². The smallest absolute Gasteiger partial charge is 0.255 e. The van der Waals surface area contributed by atoms with E-state index in [2.05, 4.69) is 13.8 Å². The van der Waals surface area contributed by atoms with Gasteiger partial charge in [-0.1, -0.05) is 19.9 Å². The van der Waals surface area contributed by atoms with Crippen LogP contribution in [-0.2, 0) is 9.53 Å². The number of fused-ring (bicyclic) bond motifs is 1. The monoisotopic (exact) mass is 375 g/mol. The van der Waals surface area contributed by atoms with E-state index in [1.54, 1.807) is 13.2 Å². The van der Waals surface area contributed by atoms with E-state index >= 15 is 0 Å². The summed E-state index contributed by atoms with van der Waals surface area (Å²) >= 11 is 0. The third kappa shape index (κ3) is 2.72. The topological polar surface area (TPSA) is 91.0 Å². The number of carbonyl (C=O) groups is 1. The minimum atomic E-state index is -0.530. The Hall–Kier alpha value is -1.79. The second-order valence-corrected chi connectivity index (χ2v) is 8.91. The summed E-state index contributed by atoms with van der Waals surface area (Å²) in [5, 5.41) is 11.1. The number of primary amides is 1. The second-order valence-electron chi connectivity index (χ2n) is 8.91. The van der Waals surface area contributed by atoms with Crippen LogP contribution < -0.4 is 15.2 Å². The van der Waals surface area contributed by atoms with Crippen molar-refractivity contribution in [2.45, 2.75) is 45.3 Å². The molecule has 2 aliphatic carbocycles. The van der Waals surface area contributed by atoms with E-state index < -0.39 is 5.91 Å². The fourth-order valence-corrected chi connectivity index (χ4v) is 5.88. The van der Waals surface area contributed by atoms with Gasteiger partial charge in [0.15, 0.2) is 18.1 Å². The van der Waals surface area contributed by atoms with Crippen LogP contribution in [0.1, 0.15) is 44.8 Å². The lowest BCUT2D eigenvalue weighted by molar-refractivity contribution is -0.164. The average molecular weight is 375 g/mol. The molecule has 5 atom stereocenters. The molecule has 1 spiro atoms. The molecule has 6 nitrogen and oxygen atoms in total. The summed E-state index contributed by atoms with van der Waals surface area (Å²) in [5.74, 6) is 1.35. The number of methoxy groups -OCH3 is 1. The number of aliphatic hydroxyl groups excluding tert-OH is 1. The molecule has 2 bridgehead atoms. The van der Waals surface area contributed by atoms with Gasteiger partial charge in [-0.3, -0.25) is 4.79 Å². The molecule has 27 heavy (non-hydrogen) atoms. The van der Waals surface area contributed by atoms with Crippen LogP contribution in [0.5, 0.6) is 11.5 Å². The highest BCUT2D eigenvalue weighted by Crippen LogP contribution is 2.70. The number of benzene rings is 1. The first-order chi connectivity index (χ1) is 12.8. The zero-order chi connectivity index (χ0) is 19.4. The van der Waals surface area contributed by atoms with Crippen molar-refractivity contribution in [2.24, 2.45) is 28.4 Å². The van der Waals surface area contributed by atoms with Gasteiger partial charge in [-0.15, -0.1) is 0 Å². The van der Waals surface area contributed by atoms with Crippen molar-refractivity contribution in [3.63, 3.8) is 0 Å². The third-order valence-electron chi connectivity index (χ3n) is 7.32. The normalized spacial score (nSPS) is 36.3. The molecule has 1 saturated heterocycles. The largest absolute Gasteiger partial charge is 0.493 e. The summed E-state index contributed by atoms with van der Waals surface area (Å²) in [6.45, 7) is 4.87. The van der Waals surface area contributed by atoms with Crippen LogP contribution in [0.2, 0.25) is 0 Å². The Labute approximate surface area is 160 Å². The van der Waals surface area contributed by atoms with Crippen LogP contribution in [0.25, 0.3) is 0 Å². The van der Waals surface area contributed by atoms with E-state index in [1.807, 2.05) is 12.1 Å². The molecule has 1 aromatic carbocycles. The zero-order valence-corrected chi connectivity index (χ0v) is 16.2. The molecule has 6 heteroatoms. The summed E-state index contributed by atoms with van der Waals surface area (Å²) in [7, 11) is 1.57. The molecule has 1 heterocycles. The maximum Gasteiger partial charge on any atom is 0.255 e. The molecule has 0 aromatic heterocycles. The third-order valence-corrected chi connectivity index (χ3v) is 7.32. The Kier molecular flexibility index (Phi) is 4.39. The Morgan fingerprint density at radius 1 is 1.37 bits per heavy atom. The molecule has 3 N–H and O–H groups in total. The maximum atomic E-state index is 11.1. The molecule has 2 saturated carbocycles. The molecule has 4 rings (SSSR count). The molecule has 148 valence electrons. The Balaban J connectivity index is 1.62. The minimum absolute atomic E-state index is 0.0253. The Bertz CT molecular complexity index is 748. The van der Waals surface area contributed by atoms with Gasteiger partial charge >= 0.3 is 0 Å². The molecule has 1 aliphatic heterocycles. The average Bonchev–Trinajstić information content (AvgIpc) is 3.13. The quantitative estimate of drug-likeness (QED) is 0.825. The highest BCUT2D eigenvalue weighted by atomic mass is 16.5. The van der Waals surface area contributed by atoms with E-state index in [1.165, 1.54) is 0 Å². The number of carbonyl (C=O) groups excluding carboxylic acids is 1. The van der Waals surface area contributed by atoms with Crippen molar-refractivity contribution in [2.75, 3.05) is 20.3 Å². The molecule has 0 unspecified atom stereocenters. The molecular formula is C21H29NO5. The lowest BCUT2D eigenvalue weighted by atomic mass is 9.60. The Morgan fingerprint density at radius 3 is 2.81 bits per heavy atom. The number of rotatable bonds is 5. The van der Waals surface area contributed by atoms with Gasteiger partial charge in [-0.05, 0) is 54.2 Å². The SMILES string of the molecule is COc1cc([C@H]2OCC[C@@]34C[C@@H](C[C@H]23)C(C)(C)[C@H]4O)ccc1OCC(N)=O. The van der Waals surface area contributed by atoms with Gasteiger partial charge in [-0.2, -0.15) is 0 Å². The number of hydrogen-bond donors (Lipinski definition) is 2. The number of amides is 1. The number of hydrogen-bond acceptors (Lipinski definition) is 5. The fourth-order valence-electron chi connectivity index (χ4n) is 5.88. The van der Waals surface area contributed by atoms with Crippen molar-refractivity contribution >= 4 is 5.91 Å². The van der Waals surface area contributed by atoms with E-state index in [0.717, 1.165) is 24.8 Å². The highest BCUT2D eigenvalue weighted by molar-refractivity contribution is 5.75. The Morgan fingerprint density at radius 2 is 2.15 bits per heavy atom. The molecular weight excluding hydrogens is 346 g/mol. The first kappa shape index (κ1) is 18.6. The van der Waals surface area contributed by atoms with Crippen molar-refractivity contribution in [3.8, 4) is 11.5 Å². The van der Waals surface area contributed by atoms with Gasteiger partial charge in [-0.25, -0.2) is 0 Å². The molecule has 0 radical (unpaired) electrons. The number of ether oxygens (including phenoxy) is 3. The first-order valence-electron chi connectivity index (χ1n) is 9.68. The van der Waals surface area contributed by atoms with E-state index in [4.69, 9.17) is 19.9 Å². The lowest BCUT2D eigenvalue weighted by Crippen LogP contribution is -2.51. The fraction of sp³-hybridized carbons (Fsp3) is 0.667. The molecule has 3 aliphatic rings. The number of nitrogens with two attached hydrogens (primary N) is 1. The van der Waals surface area contributed by atoms with E-state index in [0.29, 0.717) is 29.9 Å². The summed E-state index contributed by atoms with van der Waals surface area (Å²) in [6.07, 6.45) is 2.74. The van der Waals surface area contributed by atoms with Gasteiger partial charge < -0.3 is 25.1 Å². The second kappa shape index (κ2) is 6.38. The van der Waals surface area contributed by atoms with Crippen LogP contribution in [-0.4, -0.2) is 37.4 Å². The van der Waals surface area contributed by atoms with Gasteiger partial charge in [0.25, 0.3) is 5.91 Å². The van der Waals surface area contributed by atoms with E-state index in [-0.39, 0.29) is 29.6 Å². The highest BCUT2D eigenvalue weighted by Gasteiger charge is 2.68. The van der Waals surface area contributed by atoms with Gasteiger partial charge in [0.1, 0.15) is 0 Å². The predicted molar refractivity (Wildman–Crippen MR) is 99.4 cm³/mol. The van der Waals surface area contributed by atoms with Crippen LogP contribution in [0.3, 0.4) is 0 Å². The first-order valence-corrected chi connectivity index (χ1v) is 9.68. The predicted octanol–water partition coefficient (Wildman–Crippen LogP) is 2.43. The summed E-state index contributed by atoms with van der Waals surface area (Å²) < 4.78 is 17.1. The van der Waals surface area contributed by atoms with Crippen LogP contribution >= 0.6 is 0 Å². The van der Waals surface area contributed by atoms with Crippen molar-refractivity contribution in [1.29, 1.82) is 0 Å². The molecule has 1 amide bonds. The lowest BCUT2D eigenvalue weighted by Gasteiger charge is -2.51. The van der Waals surface area contributed by atoms with Gasteiger partial charge in [0.05, 0.1) is 19.3 Å². The van der Waals surface area contributed by atoms with Gasteiger partial charge in [0, 0.05) is 12.0 Å². The summed E-state index contributed by atoms with van der Waals surface area (Å²) in [6, 6.07) is 5.69. The molecule has 3 fully saturated rings. The van der Waals surface area contributed by atoms with Gasteiger partial charge in [0.2, 0.25) is 0 Å². The summed E-state index contributed by atoms with van der Waals surface area (Å²) in [4.78, 5) is 11.0. The van der Waals surface area contributed by atoms with Crippen LogP contribution in [0.15, 0.2) is 18.2 Å². The summed E-state index contributed by atoms with van der Waals surface area (Å²) in [5.41, 5.74) is 6.11. The standard InChI is InChI=1S/C21H29NO5/c1-20(2)13-9-14-18(26-7-6-21(14,10-13)19(20)24)12-4-5-15(16(8-12)25-3)27-11-17(22)23/h4-5,8,13-14,18-19,24H,6-7,9-11H2,1-3H3,(H2,22,23)/t13-,14-,18-,19-,21-/m1/s1. The maximum absolute atomic E-state index is 11.1. The molecule has 1 aromatic rings. The van der Waals surface area contributed by atoms with Crippen molar-refractivity contribution in [1.82, 2.24) is 0 Å². The minimum Gasteiger partial charge on any atom is -0.493 e. The van der Waals surface area contributed by atoms with Crippen LogP contribution in [0, 0.1) is 22.7 Å². The zero-order valence-electron chi connectivity index (χ0n) is 16.2. The van der Waals surface area contributed by atoms with Crippen LogP contribution in [0.4, 0.5) is 0 Å². The number of aliphatic hydroxyl groups is 1. The van der Waals surface area contributed by atoms with Crippen molar-refractivity contribution in [3.05, 3.63) is 23.8 Å².